The average Bonchev–Trinajstić information content (AvgIpc) is 3.25. The predicted octanol–water partition coefficient (Wildman–Crippen LogP) is 3.77. The number of anilines is 1. The molecule has 0 N–H and O–H groups in total. The van der Waals surface area contributed by atoms with E-state index in [4.69, 9.17) is 4.74 Å². The van der Waals surface area contributed by atoms with Gasteiger partial charge in [-0.3, -0.25) is 4.79 Å². The van der Waals surface area contributed by atoms with Crippen LogP contribution < -0.4 is 4.90 Å². The number of nitrogens with zero attached hydrogens (tertiary/aromatic N) is 2. The van der Waals surface area contributed by atoms with Crippen LogP contribution in [0.2, 0.25) is 0 Å². The van der Waals surface area contributed by atoms with Gasteiger partial charge in [-0.1, -0.05) is 18.2 Å². The van der Waals surface area contributed by atoms with E-state index in [0.717, 1.165) is 29.7 Å². The highest BCUT2D eigenvalue weighted by Gasteiger charge is 2.50. The molecule has 2 aromatic rings. The number of fused-ring (bicyclic) bond motifs is 1. The molecule has 2 unspecified atom stereocenters. The molecule has 1 aliphatic carbocycles. The number of rotatable bonds is 3. The maximum atomic E-state index is 13.0. The summed E-state index contributed by atoms with van der Waals surface area (Å²) in [6, 6.07) is 14.8. The molecule has 0 radical (unpaired) electrons. The zero-order chi connectivity index (χ0) is 19.8. The molecule has 2 fully saturated rings. The number of carbonyl (C=O) groups excluding carboxylic acids is 2. The monoisotopic (exact) mass is 374 g/mol. The molecule has 1 aliphatic heterocycles. The van der Waals surface area contributed by atoms with E-state index in [0.29, 0.717) is 17.7 Å². The molecule has 1 saturated heterocycles. The summed E-state index contributed by atoms with van der Waals surface area (Å²) >= 11 is 0. The van der Waals surface area contributed by atoms with Crippen molar-refractivity contribution in [2.45, 2.75) is 32.8 Å². The van der Waals surface area contributed by atoms with Gasteiger partial charge >= 0.3 is 5.97 Å². The summed E-state index contributed by atoms with van der Waals surface area (Å²) in [5.74, 6) is -0.336. The second-order valence-corrected chi connectivity index (χ2v) is 7.60. The van der Waals surface area contributed by atoms with Gasteiger partial charge in [0.05, 0.1) is 17.2 Å². The zero-order valence-electron chi connectivity index (χ0n) is 16.0. The van der Waals surface area contributed by atoms with Gasteiger partial charge in [-0.25, -0.2) is 4.79 Å². The highest BCUT2D eigenvalue weighted by atomic mass is 16.5. The highest BCUT2D eigenvalue weighted by molar-refractivity contribution is 5.99. The number of hydrogen-bond acceptors (Lipinski definition) is 4. The fourth-order valence-electron chi connectivity index (χ4n) is 4.45. The van der Waals surface area contributed by atoms with Gasteiger partial charge in [-0.2, -0.15) is 5.26 Å². The molecular weight excluding hydrogens is 352 g/mol. The van der Waals surface area contributed by atoms with Crippen molar-refractivity contribution < 1.29 is 14.3 Å². The summed E-state index contributed by atoms with van der Waals surface area (Å²) < 4.78 is 5.77. The molecule has 2 aromatic carbocycles. The largest absolute Gasteiger partial charge is 0.458 e. The summed E-state index contributed by atoms with van der Waals surface area (Å²) in [5, 5.41) is 9.22. The van der Waals surface area contributed by atoms with E-state index in [1.807, 2.05) is 38.1 Å². The fourth-order valence-corrected chi connectivity index (χ4v) is 4.45. The molecule has 4 rings (SSSR count). The first-order valence-electron chi connectivity index (χ1n) is 9.59. The van der Waals surface area contributed by atoms with E-state index in [1.165, 1.54) is 0 Å². The molecule has 0 bridgehead atoms. The number of ether oxygens (including phenoxy) is 1. The van der Waals surface area contributed by atoms with Crippen LogP contribution in [0, 0.1) is 37.0 Å². The topological polar surface area (TPSA) is 70.4 Å². The number of benzene rings is 2. The molecule has 3 atom stereocenters. The lowest BCUT2D eigenvalue weighted by molar-refractivity contribution is -0.120. The van der Waals surface area contributed by atoms with Crippen LogP contribution in [0.15, 0.2) is 42.5 Å². The van der Waals surface area contributed by atoms with Crippen molar-refractivity contribution in [1.29, 1.82) is 5.26 Å². The first-order valence-corrected chi connectivity index (χ1v) is 9.59. The van der Waals surface area contributed by atoms with Crippen LogP contribution in [-0.2, 0) is 9.53 Å². The summed E-state index contributed by atoms with van der Waals surface area (Å²) in [5.41, 5.74) is 3.86. The van der Waals surface area contributed by atoms with Crippen LogP contribution in [0.25, 0.3) is 0 Å². The van der Waals surface area contributed by atoms with Crippen LogP contribution in [0.5, 0.6) is 0 Å². The van der Waals surface area contributed by atoms with Gasteiger partial charge in [0.25, 0.3) is 0 Å². The first-order chi connectivity index (χ1) is 13.5. The average molecular weight is 374 g/mol. The lowest BCUT2D eigenvalue weighted by Crippen LogP contribution is -2.30. The Bertz CT molecular complexity index is 977. The zero-order valence-corrected chi connectivity index (χ0v) is 16.0. The molecular formula is C23H22N2O3. The van der Waals surface area contributed by atoms with Crippen molar-refractivity contribution in [3.63, 3.8) is 0 Å². The maximum Gasteiger partial charge on any atom is 0.338 e. The Morgan fingerprint density at radius 3 is 2.57 bits per heavy atom. The lowest BCUT2D eigenvalue weighted by Gasteiger charge is -2.23. The van der Waals surface area contributed by atoms with Crippen molar-refractivity contribution in [3.8, 4) is 6.07 Å². The number of carbonyl (C=O) groups is 2. The Morgan fingerprint density at radius 1 is 1.11 bits per heavy atom. The van der Waals surface area contributed by atoms with Crippen LogP contribution in [0.3, 0.4) is 0 Å². The third kappa shape index (κ3) is 2.95. The Balaban J connectivity index is 1.54. The summed E-state index contributed by atoms with van der Waals surface area (Å²) in [7, 11) is 0. The second-order valence-electron chi connectivity index (χ2n) is 7.60. The molecule has 28 heavy (non-hydrogen) atoms. The van der Waals surface area contributed by atoms with Gasteiger partial charge < -0.3 is 9.64 Å². The fraction of sp³-hybridized carbons (Fsp3) is 0.348. The number of hydrogen-bond donors (Lipinski definition) is 0. The summed E-state index contributed by atoms with van der Waals surface area (Å²) in [6.07, 6.45) is 1.21. The number of nitriles is 1. The Labute approximate surface area is 164 Å². The highest BCUT2D eigenvalue weighted by Crippen LogP contribution is 2.43. The third-order valence-electron chi connectivity index (χ3n) is 6.17. The van der Waals surface area contributed by atoms with E-state index >= 15 is 0 Å². The smallest absolute Gasteiger partial charge is 0.338 e. The molecule has 1 amide bonds. The minimum atomic E-state index is -0.331. The molecule has 0 spiro atoms. The second kappa shape index (κ2) is 7.12. The number of amides is 1. The van der Waals surface area contributed by atoms with Crippen molar-refractivity contribution >= 4 is 17.6 Å². The van der Waals surface area contributed by atoms with Crippen LogP contribution >= 0.6 is 0 Å². The standard InChI is InChI=1S/C23H22N2O3/c1-14-15(2)20(10-8-17(14)12-24)25-13-19-18(22(25)26)9-11-21(19)28-23(27)16-6-4-3-5-7-16/h3-8,10,18-19,21H,9,11,13H2,1-2H3/t18?,19?,21-/m0/s1. The van der Waals surface area contributed by atoms with Crippen molar-refractivity contribution in [2.24, 2.45) is 11.8 Å². The maximum absolute atomic E-state index is 13.0. The third-order valence-corrected chi connectivity index (χ3v) is 6.17. The minimum absolute atomic E-state index is 0.00973. The van der Waals surface area contributed by atoms with Gasteiger partial charge in [-0.05, 0) is 62.1 Å². The van der Waals surface area contributed by atoms with Gasteiger partial charge in [0, 0.05) is 24.1 Å². The molecule has 1 heterocycles. The Kier molecular flexibility index (Phi) is 4.64. The van der Waals surface area contributed by atoms with E-state index in [-0.39, 0.29) is 29.8 Å². The lowest BCUT2D eigenvalue weighted by atomic mass is 9.99. The number of esters is 1. The van der Waals surface area contributed by atoms with Gasteiger partial charge in [-0.15, -0.1) is 0 Å². The van der Waals surface area contributed by atoms with Crippen molar-refractivity contribution in [3.05, 3.63) is 64.7 Å². The summed E-state index contributed by atoms with van der Waals surface area (Å²) in [6.45, 7) is 4.39. The minimum Gasteiger partial charge on any atom is -0.458 e. The van der Waals surface area contributed by atoms with Crippen molar-refractivity contribution in [2.75, 3.05) is 11.4 Å². The van der Waals surface area contributed by atoms with E-state index < -0.39 is 0 Å². The molecule has 2 aliphatic rings. The molecule has 142 valence electrons. The summed E-state index contributed by atoms with van der Waals surface area (Å²) in [4.78, 5) is 27.3. The van der Waals surface area contributed by atoms with Gasteiger partial charge in [0.1, 0.15) is 6.10 Å². The Hall–Kier alpha value is -3.13. The quantitative estimate of drug-likeness (QED) is 0.767. The predicted molar refractivity (Wildman–Crippen MR) is 105 cm³/mol. The first kappa shape index (κ1) is 18.2. The molecule has 5 nitrogen and oxygen atoms in total. The van der Waals surface area contributed by atoms with Crippen LogP contribution in [0.1, 0.15) is 39.9 Å². The van der Waals surface area contributed by atoms with Gasteiger partial charge in [0.2, 0.25) is 5.91 Å². The van der Waals surface area contributed by atoms with E-state index in [2.05, 4.69) is 6.07 Å². The van der Waals surface area contributed by atoms with Crippen molar-refractivity contribution in [1.82, 2.24) is 0 Å². The Morgan fingerprint density at radius 2 is 1.86 bits per heavy atom. The molecule has 5 heteroatoms. The van der Waals surface area contributed by atoms with Crippen LogP contribution in [-0.4, -0.2) is 24.5 Å². The van der Waals surface area contributed by atoms with E-state index in [1.54, 1.807) is 23.1 Å². The van der Waals surface area contributed by atoms with Gasteiger partial charge in [0.15, 0.2) is 0 Å². The van der Waals surface area contributed by atoms with Crippen LogP contribution in [0.4, 0.5) is 5.69 Å². The SMILES string of the molecule is Cc1c(C#N)ccc(N2CC3C(CC[C@@H]3OC(=O)c3ccccc3)C2=O)c1C. The molecule has 0 aromatic heterocycles. The normalized spacial score (nSPS) is 23.4. The molecule has 1 saturated carbocycles. The van der Waals surface area contributed by atoms with E-state index in [9.17, 15) is 14.9 Å².